The predicted molar refractivity (Wildman–Crippen MR) is 120 cm³/mol. The largest absolute Gasteiger partial charge is 0.458 e. The van der Waals surface area contributed by atoms with Crippen LogP contribution in [0.2, 0.25) is 0 Å². The molecule has 1 N–H and O–H groups in total. The molecule has 3 aromatic rings. The van der Waals surface area contributed by atoms with E-state index in [1.54, 1.807) is 24.3 Å². The maximum Gasteiger partial charge on any atom is 0.255 e. The molecule has 6 nitrogen and oxygen atoms in total. The van der Waals surface area contributed by atoms with E-state index in [9.17, 15) is 4.79 Å². The molecule has 2 atom stereocenters. The van der Waals surface area contributed by atoms with Crippen molar-refractivity contribution >= 4 is 11.6 Å². The molecule has 2 aliphatic heterocycles. The number of carbonyl (C=O) groups excluding carboxylic acids is 1. The Hall–Kier alpha value is -3.35. The average molecular weight is 431 g/mol. The van der Waals surface area contributed by atoms with Gasteiger partial charge < -0.3 is 24.3 Å². The minimum absolute atomic E-state index is 0.106. The highest BCUT2D eigenvalue weighted by atomic mass is 16.7. The van der Waals surface area contributed by atoms with Gasteiger partial charge in [0.15, 0.2) is 0 Å². The number of hydrogen-bond donors (Lipinski definition) is 1. The van der Waals surface area contributed by atoms with Gasteiger partial charge in [0.1, 0.15) is 11.5 Å². The van der Waals surface area contributed by atoms with Crippen LogP contribution >= 0.6 is 0 Å². The molecule has 32 heavy (non-hydrogen) atoms. The maximum atomic E-state index is 12.5. The van der Waals surface area contributed by atoms with E-state index in [4.69, 9.17) is 18.9 Å². The fraction of sp³-hybridized carbons (Fsp3) is 0.269. The molecule has 3 aromatic carbocycles. The molecule has 0 aliphatic carbocycles. The lowest BCUT2D eigenvalue weighted by molar-refractivity contribution is 0.102. The van der Waals surface area contributed by atoms with Crippen LogP contribution < -0.4 is 14.8 Å². The van der Waals surface area contributed by atoms with Crippen LogP contribution in [0.3, 0.4) is 0 Å². The zero-order chi connectivity index (χ0) is 21.8. The number of amides is 1. The number of hydrogen-bond acceptors (Lipinski definition) is 5. The number of benzene rings is 3. The molecule has 164 valence electrons. The molecule has 0 saturated carbocycles. The molecule has 2 unspecified atom stereocenters. The van der Waals surface area contributed by atoms with Crippen molar-refractivity contribution in [1.82, 2.24) is 0 Å². The van der Waals surface area contributed by atoms with Crippen molar-refractivity contribution in [3.05, 3.63) is 89.5 Å². The predicted octanol–water partition coefficient (Wildman–Crippen LogP) is 4.24. The molecule has 2 heterocycles. The Balaban J connectivity index is 1.07. The number of nitrogens with one attached hydrogen (secondary N) is 1. The standard InChI is InChI=1S/C26H25NO5/c28-26(20-5-1-18(2-6-20)13-24-15-29-24)27-21-7-11-23(12-8-21)32-17-31-22-9-3-19(4-10-22)14-25-16-30-25/h1-12,24-25H,13-17H2,(H,27,28). The second-order valence-corrected chi connectivity index (χ2v) is 8.04. The normalized spacial score (nSPS) is 18.6. The SMILES string of the molecule is O=C(Nc1ccc(OCOc2ccc(CC3CO3)cc2)cc1)c1ccc(CC2CO2)cc1. The van der Waals surface area contributed by atoms with Crippen molar-refractivity contribution in [2.24, 2.45) is 0 Å². The molecular formula is C26H25NO5. The van der Waals surface area contributed by atoms with Gasteiger partial charge in [-0.2, -0.15) is 0 Å². The van der Waals surface area contributed by atoms with Gasteiger partial charge >= 0.3 is 0 Å². The highest BCUT2D eigenvalue weighted by Crippen LogP contribution is 2.21. The fourth-order valence-electron chi connectivity index (χ4n) is 3.41. The quantitative estimate of drug-likeness (QED) is 0.384. The summed E-state index contributed by atoms with van der Waals surface area (Å²) in [5, 5.41) is 2.90. The van der Waals surface area contributed by atoms with Gasteiger partial charge in [-0.1, -0.05) is 24.3 Å². The second kappa shape index (κ2) is 9.42. The lowest BCUT2D eigenvalue weighted by Gasteiger charge is -2.10. The van der Waals surface area contributed by atoms with Crippen LogP contribution in [-0.2, 0) is 22.3 Å². The van der Waals surface area contributed by atoms with Crippen LogP contribution in [0.4, 0.5) is 5.69 Å². The monoisotopic (exact) mass is 431 g/mol. The van der Waals surface area contributed by atoms with Crippen molar-refractivity contribution in [2.75, 3.05) is 25.3 Å². The van der Waals surface area contributed by atoms with Gasteiger partial charge in [0.2, 0.25) is 6.79 Å². The smallest absolute Gasteiger partial charge is 0.255 e. The summed E-state index contributed by atoms with van der Waals surface area (Å²) in [7, 11) is 0. The first-order chi connectivity index (χ1) is 15.7. The van der Waals surface area contributed by atoms with Gasteiger partial charge in [0, 0.05) is 24.1 Å². The van der Waals surface area contributed by atoms with Gasteiger partial charge in [-0.25, -0.2) is 0 Å². The van der Waals surface area contributed by atoms with E-state index in [1.807, 2.05) is 48.5 Å². The van der Waals surface area contributed by atoms with Gasteiger partial charge in [-0.3, -0.25) is 4.79 Å². The molecule has 2 aliphatic rings. The number of ether oxygens (including phenoxy) is 4. The summed E-state index contributed by atoms with van der Waals surface area (Å²) in [5.74, 6) is 1.27. The molecule has 0 radical (unpaired) electrons. The summed E-state index contributed by atoms with van der Waals surface area (Å²) in [6.45, 7) is 1.80. The summed E-state index contributed by atoms with van der Waals surface area (Å²) >= 11 is 0. The Morgan fingerprint density at radius 3 is 1.72 bits per heavy atom. The van der Waals surface area contributed by atoms with E-state index in [0.717, 1.165) is 31.8 Å². The Labute approximate surface area is 187 Å². The summed E-state index contributed by atoms with van der Waals surface area (Å²) in [6.07, 6.45) is 2.56. The Morgan fingerprint density at radius 2 is 1.22 bits per heavy atom. The molecule has 2 fully saturated rings. The van der Waals surface area contributed by atoms with E-state index in [-0.39, 0.29) is 12.7 Å². The van der Waals surface area contributed by atoms with E-state index >= 15 is 0 Å². The summed E-state index contributed by atoms with van der Waals surface area (Å²) in [5.41, 5.74) is 3.74. The van der Waals surface area contributed by atoms with Crippen LogP contribution in [-0.4, -0.2) is 38.1 Å². The van der Waals surface area contributed by atoms with Gasteiger partial charge in [0.05, 0.1) is 25.4 Å². The average Bonchev–Trinajstić information content (AvgIpc) is 3.74. The summed E-state index contributed by atoms with van der Waals surface area (Å²) < 4.78 is 21.8. The highest BCUT2D eigenvalue weighted by Gasteiger charge is 2.23. The summed E-state index contributed by atoms with van der Waals surface area (Å²) in [4.78, 5) is 12.5. The van der Waals surface area contributed by atoms with Crippen LogP contribution in [0.1, 0.15) is 21.5 Å². The van der Waals surface area contributed by atoms with E-state index in [2.05, 4.69) is 5.32 Å². The third kappa shape index (κ3) is 5.87. The second-order valence-electron chi connectivity index (χ2n) is 8.04. The minimum atomic E-state index is -0.145. The number of carbonyl (C=O) groups is 1. The van der Waals surface area contributed by atoms with Crippen LogP contribution in [0.5, 0.6) is 11.5 Å². The zero-order valence-corrected chi connectivity index (χ0v) is 17.7. The van der Waals surface area contributed by atoms with Crippen LogP contribution in [0, 0.1) is 0 Å². The van der Waals surface area contributed by atoms with Crippen molar-refractivity contribution in [1.29, 1.82) is 0 Å². The zero-order valence-electron chi connectivity index (χ0n) is 17.7. The number of anilines is 1. The maximum absolute atomic E-state index is 12.5. The molecule has 5 rings (SSSR count). The molecule has 6 heteroatoms. The fourth-order valence-corrected chi connectivity index (χ4v) is 3.41. The third-order valence-electron chi connectivity index (χ3n) is 5.43. The van der Waals surface area contributed by atoms with Gasteiger partial charge in [0.25, 0.3) is 5.91 Å². The van der Waals surface area contributed by atoms with Crippen LogP contribution in [0.15, 0.2) is 72.8 Å². The van der Waals surface area contributed by atoms with Crippen molar-refractivity contribution in [2.45, 2.75) is 25.0 Å². The Kier molecular flexibility index (Phi) is 6.05. The first-order valence-electron chi connectivity index (χ1n) is 10.8. The number of epoxide rings is 2. The lowest BCUT2D eigenvalue weighted by atomic mass is 10.1. The topological polar surface area (TPSA) is 72.6 Å². The minimum Gasteiger partial charge on any atom is -0.458 e. The van der Waals surface area contributed by atoms with Gasteiger partial charge in [-0.15, -0.1) is 0 Å². The summed E-state index contributed by atoms with van der Waals surface area (Å²) in [6, 6.07) is 22.8. The van der Waals surface area contributed by atoms with Crippen molar-refractivity contribution in [3.8, 4) is 11.5 Å². The van der Waals surface area contributed by atoms with Gasteiger partial charge in [-0.05, 0) is 59.7 Å². The van der Waals surface area contributed by atoms with Crippen molar-refractivity contribution < 1.29 is 23.7 Å². The van der Waals surface area contributed by atoms with E-state index in [1.165, 1.54) is 11.1 Å². The first kappa shape index (κ1) is 20.5. The third-order valence-corrected chi connectivity index (χ3v) is 5.43. The Bertz CT molecular complexity index is 1040. The molecular weight excluding hydrogens is 406 g/mol. The van der Waals surface area contributed by atoms with E-state index < -0.39 is 0 Å². The molecule has 2 saturated heterocycles. The van der Waals surface area contributed by atoms with Crippen molar-refractivity contribution in [3.63, 3.8) is 0 Å². The van der Waals surface area contributed by atoms with E-state index in [0.29, 0.717) is 29.2 Å². The molecule has 0 aromatic heterocycles. The highest BCUT2D eigenvalue weighted by molar-refractivity contribution is 6.04. The molecule has 1 amide bonds. The van der Waals surface area contributed by atoms with Crippen LogP contribution in [0.25, 0.3) is 0 Å². The first-order valence-corrected chi connectivity index (χ1v) is 10.8. The molecule has 0 bridgehead atoms. The Morgan fingerprint density at radius 1 is 0.750 bits per heavy atom. The molecule has 0 spiro atoms. The lowest BCUT2D eigenvalue weighted by Crippen LogP contribution is -2.12. The number of rotatable bonds is 10.